The lowest BCUT2D eigenvalue weighted by molar-refractivity contribution is -0.137. The first kappa shape index (κ1) is 16.2. The van der Waals surface area contributed by atoms with Gasteiger partial charge in [0.1, 0.15) is 5.75 Å². The summed E-state index contributed by atoms with van der Waals surface area (Å²) in [5.41, 5.74) is 1.92. The van der Waals surface area contributed by atoms with Crippen LogP contribution in [-0.4, -0.2) is 17.7 Å². The van der Waals surface area contributed by atoms with Gasteiger partial charge in [-0.3, -0.25) is 4.79 Å². The third kappa shape index (κ3) is 5.59. The van der Waals surface area contributed by atoms with Gasteiger partial charge in [0.2, 0.25) is 0 Å². The number of azo groups is 1. The molecular formula is C17H15N3O3. The minimum absolute atomic E-state index is 0.0941. The zero-order chi connectivity index (χ0) is 16.5. The molecule has 0 unspecified atom stereocenters. The predicted molar refractivity (Wildman–Crippen MR) is 84.1 cm³/mol. The number of benzene rings is 2. The van der Waals surface area contributed by atoms with E-state index in [4.69, 9.17) is 15.1 Å². The lowest BCUT2D eigenvalue weighted by Gasteiger charge is -2.04. The molecule has 0 aliphatic carbocycles. The molecule has 0 saturated carbocycles. The molecule has 6 nitrogen and oxygen atoms in total. The maximum atomic E-state index is 10.4. The van der Waals surface area contributed by atoms with Crippen LogP contribution in [0.2, 0.25) is 0 Å². The molecule has 0 radical (unpaired) electrons. The van der Waals surface area contributed by atoms with Crippen LogP contribution in [-0.2, 0) is 4.79 Å². The second-order valence-corrected chi connectivity index (χ2v) is 4.70. The number of ether oxygens (including phenoxy) is 1. The van der Waals surface area contributed by atoms with Gasteiger partial charge in [-0.15, -0.1) is 0 Å². The Kier molecular flexibility index (Phi) is 5.83. The fourth-order valence-electron chi connectivity index (χ4n) is 1.74. The highest BCUT2D eigenvalue weighted by molar-refractivity contribution is 5.66. The van der Waals surface area contributed by atoms with Crippen LogP contribution in [0.15, 0.2) is 58.8 Å². The van der Waals surface area contributed by atoms with Crippen molar-refractivity contribution >= 4 is 17.3 Å². The maximum Gasteiger partial charge on any atom is 0.303 e. The van der Waals surface area contributed by atoms with Crippen LogP contribution >= 0.6 is 0 Å². The van der Waals surface area contributed by atoms with Gasteiger partial charge in [0, 0.05) is 6.42 Å². The fourth-order valence-corrected chi connectivity index (χ4v) is 1.74. The van der Waals surface area contributed by atoms with Crippen molar-refractivity contribution in [1.82, 2.24) is 0 Å². The van der Waals surface area contributed by atoms with E-state index in [2.05, 4.69) is 10.2 Å². The van der Waals surface area contributed by atoms with E-state index in [1.165, 1.54) is 0 Å². The zero-order valence-electron chi connectivity index (χ0n) is 12.3. The second-order valence-electron chi connectivity index (χ2n) is 4.70. The molecule has 0 aliphatic rings. The van der Waals surface area contributed by atoms with Crippen molar-refractivity contribution < 1.29 is 14.6 Å². The van der Waals surface area contributed by atoms with Gasteiger partial charge in [-0.1, -0.05) is 0 Å². The Balaban J connectivity index is 1.87. The monoisotopic (exact) mass is 309 g/mol. The molecule has 0 aliphatic heterocycles. The molecule has 0 atom stereocenters. The smallest absolute Gasteiger partial charge is 0.303 e. The third-order valence-electron chi connectivity index (χ3n) is 2.92. The Hall–Kier alpha value is -3.20. The van der Waals surface area contributed by atoms with Crippen LogP contribution in [0.3, 0.4) is 0 Å². The number of carbonyl (C=O) groups is 1. The maximum absolute atomic E-state index is 10.4. The van der Waals surface area contributed by atoms with Crippen LogP contribution in [0, 0.1) is 11.3 Å². The van der Waals surface area contributed by atoms with Crippen molar-refractivity contribution in [3.8, 4) is 11.8 Å². The Labute approximate surface area is 133 Å². The molecule has 0 saturated heterocycles. The predicted octanol–water partition coefficient (Wildman–Crippen LogP) is 4.22. The fraction of sp³-hybridized carbons (Fsp3) is 0.176. The summed E-state index contributed by atoms with van der Waals surface area (Å²) in [5.74, 6) is -0.167. The molecule has 0 bridgehead atoms. The van der Waals surface area contributed by atoms with E-state index in [9.17, 15) is 4.79 Å². The molecule has 0 amide bonds. The van der Waals surface area contributed by atoms with Gasteiger partial charge in [0.15, 0.2) is 0 Å². The first-order valence-electron chi connectivity index (χ1n) is 7.04. The molecular weight excluding hydrogens is 294 g/mol. The molecule has 0 aromatic heterocycles. The van der Waals surface area contributed by atoms with E-state index in [1.807, 2.05) is 6.07 Å². The summed E-state index contributed by atoms with van der Waals surface area (Å²) in [7, 11) is 0. The van der Waals surface area contributed by atoms with E-state index < -0.39 is 5.97 Å². The average Bonchev–Trinajstić information content (AvgIpc) is 2.58. The minimum atomic E-state index is -0.827. The Morgan fingerprint density at radius 3 is 2.13 bits per heavy atom. The van der Waals surface area contributed by atoms with Gasteiger partial charge in [-0.05, 0) is 55.0 Å². The lowest BCUT2D eigenvalue weighted by atomic mass is 10.2. The number of carboxylic acids is 1. The second kappa shape index (κ2) is 8.29. The van der Waals surface area contributed by atoms with Crippen molar-refractivity contribution in [1.29, 1.82) is 5.26 Å². The number of hydrogen-bond acceptors (Lipinski definition) is 5. The Bertz CT molecular complexity index is 716. The van der Waals surface area contributed by atoms with Gasteiger partial charge in [-0.2, -0.15) is 15.5 Å². The van der Waals surface area contributed by atoms with E-state index in [-0.39, 0.29) is 6.42 Å². The number of hydrogen-bond donors (Lipinski definition) is 1. The van der Waals surface area contributed by atoms with Crippen molar-refractivity contribution in [2.75, 3.05) is 6.61 Å². The molecule has 0 spiro atoms. The SMILES string of the molecule is N#Cc1ccc(N=Nc2ccc(OCCCC(=O)O)cc2)cc1. The van der Waals surface area contributed by atoms with Gasteiger partial charge in [0.25, 0.3) is 0 Å². The van der Waals surface area contributed by atoms with Crippen LogP contribution < -0.4 is 4.74 Å². The first-order chi connectivity index (χ1) is 11.2. The highest BCUT2D eigenvalue weighted by Crippen LogP contribution is 2.21. The summed E-state index contributed by atoms with van der Waals surface area (Å²) in [6.45, 7) is 0.360. The Morgan fingerprint density at radius 2 is 1.61 bits per heavy atom. The van der Waals surface area contributed by atoms with Crippen LogP contribution in [0.1, 0.15) is 18.4 Å². The quantitative estimate of drug-likeness (QED) is 0.612. The van der Waals surface area contributed by atoms with Crippen LogP contribution in [0.25, 0.3) is 0 Å². The van der Waals surface area contributed by atoms with E-state index in [0.717, 1.165) is 0 Å². The van der Waals surface area contributed by atoms with Gasteiger partial charge in [-0.25, -0.2) is 0 Å². The largest absolute Gasteiger partial charge is 0.494 e. The van der Waals surface area contributed by atoms with Gasteiger partial charge < -0.3 is 9.84 Å². The third-order valence-corrected chi connectivity index (χ3v) is 2.92. The summed E-state index contributed by atoms with van der Waals surface area (Å²) in [4.78, 5) is 10.4. The van der Waals surface area contributed by atoms with E-state index >= 15 is 0 Å². The zero-order valence-corrected chi connectivity index (χ0v) is 12.3. The normalized spacial score (nSPS) is 10.4. The average molecular weight is 309 g/mol. The van der Waals surface area contributed by atoms with Crippen molar-refractivity contribution in [2.24, 2.45) is 10.2 Å². The number of nitriles is 1. The molecule has 0 fully saturated rings. The molecule has 116 valence electrons. The summed E-state index contributed by atoms with van der Waals surface area (Å²) in [6, 6.07) is 15.9. The first-order valence-corrected chi connectivity index (χ1v) is 7.04. The molecule has 6 heteroatoms. The van der Waals surface area contributed by atoms with Crippen molar-refractivity contribution in [3.05, 3.63) is 54.1 Å². The van der Waals surface area contributed by atoms with Gasteiger partial charge in [0.05, 0.1) is 29.6 Å². The molecule has 2 aromatic rings. The summed E-state index contributed by atoms with van der Waals surface area (Å²) in [6.07, 6.45) is 0.562. The molecule has 2 rings (SSSR count). The molecule has 0 heterocycles. The van der Waals surface area contributed by atoms with Gasteiger partial charge >= 0.3 is 5.97 Å². The standard InChI is InChI=1S/C17H15N3O3/c18-12-13-3-5-14(6-4-13)19-20-15-7-9-16(10-8-15)23-11-1-2-17(21)22/h3-10H,1-2,11H2,(H,21,22). The molecule has 1 N–H and O–H groups in total. The highest BCUT2D eigenvalue weighted by Gasteiger charge is 1.98. The summed E-state index contributed by atoms with van der Waals surface area (Å²) < 4.78 is 5.43. The van der Waals surface area contributed by atoms with Crippen molar-refractivity contribution in [3.63, 3.8) is 0 Å². The number of rotatable bonds is 7. The minimum Gasteiger partial charge on any atom is -0.494 e. The number of aliphatic carboxylic acids is 1. The lowest BCUT2D eigenvalue weighted by Crippen LogP contribution is -2.01. The Morgan fingerprint density at radius 1 is 1.04 bits per heavy atom. The highest BCUT2D eigenvalue weighted by atomic mass is 16.5. The van der Waals surface area contributed by atoms with E-state index in [1.54, 1.807) is 48.5 Å². The number of carboxylic acid groups (broad SMARTS) is 1. The molecule has 23 heavy (non-hydrogen) atoms. The van der Waals surface area contributed by atoms with E-state index in [0.29, 0.717) is 35.7 Å². The van der Waals surface area contributed by atoms with Crippen LogP contribution in [0.4, 0.5) is 11.4 Å². The van der Waals surface area contributed by atoms with Crippen LogP contribution in [0.5, 0.6) is 5.75 Å². The topological polar surface area (TPSA) is 95.0 Å². The summed E-state index contributed by atoms with van der Waals surface area (Å²) in [5, 5.41) is 25.4. The number of nitrogens with zero attached hydrogens (tertiary/aromatic N) is 3. The van der Waals surface area contributed by atoms with Crippen molar-refractivity contribution in [2.45, 2.75) is 12.8 Å². The summed E-state index contributed by atoms with van der Waals surface area (Å²) >= 11 is 0. The molecule has 2 aromatic carbocycles.